The summed E-state index contributed by atoms with van der Waals surface area (Å²) < 4.78 is 25.7. The summed E-state index contributed by atoms with van der Waals surface area (Å²) in [6.45, 7) is 3.13. The number of piperidine rings is 1. The Labute approximate surface area is 276 Å². The van der Waals surface area contributed by atoms with Gasteiger partial charge >= 0.3 is 12.1 Å². The van der Waals surface area contributed by atoms with Crippen molar-refractivity contribution in [2.45, 2.75) is 70.1 Å². The van der Waals surface area contributed by atoms with Crippen LogP contribution in [-0.2, 0) is 37.7 Å². The number of ether oxygens (including phenoxy) is 2. The molecule has 4 N–H and O–H groups in total. The van der Waals surface area contributed by atoms with Gasteiger partial charge in [0.25, 0.3) is 0 Å². The molecule has 0 bridgehead atoms. The predicted octanol–water partition coefficient (Wildman–Crippen LogP) is 5.47. The minimum atomic E-state index is -1.52. The van der Waals surface area contributed by atoms with Crippen LogP contribution in [0.2, 0.25) is 0 Å². The molecule has 252 valence electrons. The molecule has 1 aliphatic heterocycles. The molecule has 9 nitrogen and oxygen atoms in total. The van der Waals surface area contributed by atoms with Gasteiger partial charge in [-0.2, -0.15) is 0 Å². The maximum atomic E-state index is 15.7. The Morgan fingerprint density at radius 3 is 2.57 bits per heavy atom. The van der Waals surface area contributed by atoms with Crippen molar-refractivity contribution in [3.05, 3.63) is 95.3 Å². The third-order valence-corrected chi connectivity index (χ3v) is 8.94. The molecule has 0 saturated carbocycles. The fourth-order valence-electron chi connectivity index (χ4n) is 6.29. The van der Waals surface area contributed by atoms with E-state index < -0.39 is 35.4 Å². The van der Waals surface area contributed by atoms with Crippen molar-refractivity contribution in [2.75, 3.05) is 26.7 Å². The van der Waals surface area contributed by atoms with E-state index in [9.17, 15) is 19.5 Å². The largest absolute Gasteiger partial charge is 0.460 e. The van der Waals surface area contributed by atoms with E-state index in [-0.39, 0.29) is 44.9 Å². The maximum absolute atomic E-state index is 15.7. The molecular weight excluding hydrogens is 601 g/mol. The number of nitrogens with zero attached hydrogens (tertiary/aromatic N) is 1. The highest BCUT2D eigenvalue weighted by atomic mass is 19.1. The number of rotatable bonds is 14. The molecule has 0 radical (unpaired) electrons. The number of halogens is 1. The molecule has 3 atom stereocenters. The Kier molecular flexibility index (Phi) is 12.9. The lowest BCUT2D eigenvalue weighted by Gasteiger charge is -2.44. The number of benzene rings is 3. The van der Waals surface area contributed by atoms with Gasteiger partial charge in [0.15, 0.2) is 0 Å². The number of aryl methyl sites for hydroxylation is 1. The van der Waals surface area contributed by atoms with Crippen LogP contribution in [0, 0.1) is 11.7 Å². The van der Waals surface area contributed by atoms with Gasteiger partial charge in [-0.1, -0.05) is 73.7 Å². The molecule has 0 aliphatic carbocycles. The molecule has 3 aromatic carbocycles. The summed E-state index contributed by atoms with van der Waals surface area (Å²) in [5.74, 6) is -1.61. The van der Waals surface area contributed by atoms with Gasteiger partial charge in [-0.25, -0.2) is 9.18 Å². The molecule has 1 heterocycles. The van der Waals surface area contributed by atoms with E-state index in [0.29, 0.717) is 42.5 Å². The fraction of sp³-hybridized carbons (Fsp3) is 0.432. The lowest BCUT2D eigenvalue weighted by atomic mass is 9.72. The van der Waals surface area contributed by atoms with Crippen LogP contribution in [0.3, 0.4) is 0 Å². The zero-order chi connectivity index (χ0) is 33.8. The number of carbonyl (C=O) groups excluding carboxylic acids is 3. The third kappa shape index (κ3) is 9.39. The molecular formula is C37H46FN3O6. The number of methoxy groups -OCH3 is 1. The SMILES string of the molecule is CCc1cccc(-c2c(F)cccc2C(O)(CCCNC(=O)OC)C2CCCN(C(=O)CC[C@H](N)C(=O)OCc3ccccc3)C2)c1. The molecule has 47 heavy (non-hydrogen) atoms. The van der Waals surface area contributed by atoms with Crippen LogP contribution in [0.15, 0.2) is 72.8 Å². The van der Waals surface area contributed by atoms with E-state index in [4.69, 9.17) is 10.5 Å². The van der Waals surface area contributed by atoms with E-state index in [1.807, 2.05) is 61.5 Å². The van der Waals surface area contributed by atoms with Crippen LogP contribution in [0.4, 0.5) is 9.18 Å². The van der Waals surface area contributed by atoms with Crippen LogP contribution < -0.4 is 11.1 Å². The van der Waals surface area contributed by atoms with Crippen molar-refractivity contribution >= 4 is 18.0 Å². The second-order valence-corrected chi connectivity index (χ2v) is 12.1. The van der Waals surface area contributed by atoms with Gasteiger partial charge in [0.2, 0.25) is 5.91 Å². The minimum absolute atomic E-state index is 0.0465. The van der Waals surface area contributed by atoms with Crippen LogP contribution in [0.1, 0.15) is 62.1 Å². The molecule has 1 fully saturated rings. The van der Waals surface area contributed by atoms with Gasteiger partial charge in [0.1, 0.15) is 18.5 Å². The first-order valence-electron chi connectivity index (χ1n) is 16.3. The van der Waals surface area contributed by atoms with Crippen LogP contribution in [0.5, 0.6) is 0 Å². The monoisotopic (exact) mass is 647 g/mol. The molecule has 3 aromatic rings. The Morgan fingerprint density at radius 2 is 1.83 bits per heavy atom. The fourth-order valence-corrected chi connectivity index (χ4v) is 6.29. The summed E-state index contributed by atoms with van der Waals surface area (Å²) >= 11 is 0. The van der Waals surface area contributed by atoms with Crippen molar-refractivity contribution in [1.82, 2.24) is 10.2 Å². The number of carbonyl (C=O) groups is 3. The highest BCUT2D eigenvalue weighted by Crippen LogP contribution is 2.44. The van der Waals surface area contributed by atoms with E-state index in [0.717, 1.165) is 17.5 Å². The first kappa shape index (κ1) is 35.6. The molecule has 0 aromatic heterocycles. The number of aliphatic hydroxyl groups is 1. The van der Waals surface area contributed by atoms with Gasteiger partial charge < -0.3 is 30.5 Å². The van der Waals surface area contributed by atoms with Crippen molar-refractivity contribution in [3.63, 3.8) is 0 Å². The van der Waals surface area contributed by atoms with E-state index >= 15 is 4.39 Å². The van der Waals surface area contributed by atoms with Gasteiger partial charge in [-0.3, -0.25) is 9.59 Å². The number of amides is 2. The summed E-state index contributed by atoms with van der Waals surface area (Å²) in [4.78, 5) is 39.3. The molecule has 1 aliphatic rings. The molecule has 1 saturated heterocycles. The Morgan fingerprint density at radius 1 is 1.09 bits per heavy atom. The van der Waals surface area contributed by atoms with Gasteiger partial charge in [-0.15, -0.1) is 0 Å². The van der Waals surface area contributed by atoms with Crippen molar-refractivity contribution in [3.8, 4) is 11.1 Å². The Bertz CT molecular complexity index is 1500. The van der Waals surface area contributed by atoms with Crippen molar-refractivity contribution < 1.29 is 33.4 Å². The minimum Gasteiger partial charge on any atom is -0.460 e. The first-order chi connectivity index (χ1) is 22.7. The summed E-state index contributed by atoms with van der Waals surface area (Å²) in [5.41, 5.74) is 7.89. The maximum Gasteiger partial charge on any atom is 0.406 e. The number of nitrogens with two attached hydrogens (primary N) is 1. The normalized spacial score (nSPS) is 16.5. The Hall–Kier alpha value is -4.28. The lowest BCUT2D eigenvalue weighted by Crippen LogP contribution is -2.49. The van der Waals surface area contributed by atoms with Crippen LogP contribution >= 0.6 is 0 Å². The highest BCUT2D eigenvalue weighted by Gasteiger charge is 2.43. The second-order valence-electron chi connectivity index (χ2n) is 12.1. The molecule has 10 heteroatoms. The molecule has 2 unspecified atom stereocenters. The quantitative estimate of drug-likeness (QED) is 0.156. The van der Waals surface area contributed by atoms with E-state index in [1.54, 1.807) is 17.0 Å². The van der Waals surface area contributed by atoms with Gasteiger partial charge in [-0.05, 0) is 66.8 Å². The molecule has 2 amide bonds. The second kappa shape index (κ2) is 17.0. The van der Waals surface area contributed by atoms with Crippen LogP contribution in [0.25, 0.3) is 11.1 Å². The van der Waals surface area contributed by atoms with Crippen molar-refractivity contribution in [2.24, 2.45) is 11.7 Å². The summed E-state index contributed by atoms with van der Waals surface area (Å²) in [6, 6.07) is 20.7. The number of hydrogen-bond acceptors (Lipinski definition) is 7. The average molecular weight is 648 g/mol. The van der Waals surface area contributed by atoms with E-state index in [1.165, 1.54) is 13.2 Å². The van der Waals surface area contributed by atoms with Crippen LogP contribution in [-0.4, -0.2) is 60.8 Å². The summed E-state index contributed by atoms with van der Waals surface area (Å²) in [7, 11) is 1.28. The number of nitrogens with one attached hydrogen (secondary N) is 1. The molecule has 4 rings (SSSR count). The summed E-state index contributed by atoms with van der Waals surface area (Å²) in [6.07, 6.45) is 2.22. The Balaban J connectivity index is 1.51. The average Bonchev–Trinajstić information content (AvgIpc) is 3.11. The van der Waals surface area contributed by atoms with E-state index in [2.05, 4.69) is 10.1 Å². The highest BCUT2D eigenvalue weighted by molar-refractivity contribution is 5.79. The standard InChI is InChI=1S/C37H46FN3O6/c1-3-26-13-7-14-28(23-26)34-30(16-8-17-31(34)38)37(45,20-10-21-40-36(44)46-2)29-15-9-22-41(24-29)33(42)19-18-32(39)35(43)47-25-27-11-5-4-6-12-27/h4-8,11-14,16-17,23,29,32,45H,3,9-10,15,18-22,24-25,39H2,1-2H3,(H,40,44)/t29?,32-,37?/m0/s1. The number of likely N-dealkylation sites (tertiary alicyclic amines) is 1. The topological polar surface area (TPSA) is 131 Å². The van der Waals surface area contributed by atoms with Crippen molar-refractivity contribution in [1.29, 1.82) is 0 Å². The lowest BCUT2D eigenvalue weighted by molar-refractivity contribution is -0.147. The van der Waals surface area contributed by atoms with Gasteiger partial charge in [0.05, 0.1) is 12.7 Å². The smallest absolute Gasteiger partial charge is 0.406 e. The number of alkyl carbamates (subject to hydrolysis) is 1. The zero-order valence-corrected chi connectivity index (χ0v) is 27.3. The number of hydrogen-bond donors (Lipinski definition) is 3. The third-order valence-electron chi connectivity index (χ3n) is 8.94. The van der Waals surface area contributed by atoms with Gasteiger partial charge in [0, 0.05) is 37.5 Å². The predicted molar refractivity (Wildman–Crippen MR) is 178 cm³/mol. The number of esters is 1. The first-order valence-corrected chi connectivity index (χ1v) is 16.3. The zero-order valence-electron chi connectivity index (χ0n) is 27.3. The summed E-state index contributed by atoms with van der Waals surface area (Å²) in [5, 5.41) is 15.3. The molecule has 0 spiro atoms.